The van der Waals surface area contributed by atoms with Crippen LogP contribution in [0.4, 0.5) is 0 Å². The summed E-state index contributed by atoms with van der Waals surface area (Å²) in [6.45, 7) is 0.226. The number of terminal acetylenes is 1. The molecule has 0 aliphatic carbocycles. The van der Waals surface area contributed by atoms with Gasteiger partial charge in [-0.25, -0.2) is 9.97 Å². The highest BCUT2D eigenvalue weighted by Crippen LogP contribution is 2.10. The van der Waals surface area contributed by atoms with E-state index in [4.69, 9.17) is 11.2 Å². The Kier molecular flexibility index (Phi) is 2.87. The zero-order valence-electron chi connectivity index (χ0n) is 5.62. The van der Waals surface area contributed by atoms with E-state index >= 15 is 0 Å². The minimum atomic E-state index is 0.226. The highest BCUT2D eigenvalue weighted by molar-refractivity contribution is 9.10. The van der Waals surface area contributed by atoms with Gasteiger partial charge in [0.2, 0.25) is 5.88 Å². The molecule has 3 nitrogen and oxygen atoms in total. The standard InChI is InChI=1S/C7H5BrN2O/c1-2-3-11-7-4-6(8)9-5-10-7/h1,4-5H,3H2. The van der Waals surface area contributed by atoms with Crippen molar-refractivity contribution < 1.29 is 4.74 Å². The van der Waals surface area contributed by atoms with Crippen LogP contribution in [0.1, 0.15) is 0 Å². The monoisotopic (exact) mass is 212 g/mol. The molecular formula is C7H5BrN2O. The third-order valence-corrected chi connectivity index (χ3v) is 1.35. The number of ether oxygens (including phenoxy) is 1. The van der Waals surface area contributed by atoms with Crippen LogP contribution in [0.5, 0.6) is 5.88 Å². The average Bonchev–Trinajstić information content (AvgIpc) is 2.01. The lowest BCUT2D eigenvalue weighted by Crippen LogP contribution is -1.95. The molecule has 1 aromatic heterocycles. The van der Waals surface area contributed by atoms with Crippen LogP contribution >= 0.6 is 15.9 Å². The molecule has 0 amide bonds. The van der Waals surface area contributed by atoms with E-state index in [2.05, 4.69) is 31.8 Å². The fourth-order valence-electron chi connectivity index (χ4n) is 0.512. The number of aromatic nitrogens is 2. The SMILES string of the molecule is C#CCOc1cc(Br)ncn1. The second-order valence-corrected chi connectivity index (χ2v) is 2.48. The Balaban J connectivity index is 2.65. The highest BCUT2D eigenvalue weighted by atomic mass is 79.9. The molecule has 0 N–H and O–H groups in total. The lowest BCUT2D eigenvalue weighted by Gasteiger charge is -1.98. The number of hydrogen-bond acceptors (Lipinski definition) is 3. The van der Waals surface area contributed by atoms with Crippen LogP contribution in [-0.2, 0) is 0 Å². The normalized spacial score (nSPS) is 8.73. The number of rotatable bonds is 2. The topological polar surface area (TPSA) is 35.0 Å². The maximum absolute atomic E-state index is 5.02. The second-order valence-electron chi connectivity index (χ2n) is 1.67. The van der Waals surface area contributed by atoms with E-state index in [1.54, 1.807) is 6.07 Å². The molecule has 1 rings (SSSR count). The van der Waals surface area contributed by atoms with Crippen molar-refractivity contribution in [2.24, 2.45) is 0 Å². The molecule has 0 atom stereocenters. The van der Waals surface area contributed by atoms with Crippen molar-refractivity contribution in [2.75, 3.05) is 6.61 Å². The summed E-state index contributed by atoms with van der Waals surface area (Å²) >= 11 is 3.17. The summed E-state index contributed by atoms with van der Waals surface area (Å²) in [4.78, 5) is 7.64. The van der Waals surface area contributed by atoms with Gasteiger partial charge in [-0.15, -0.1) is 6.42 Å². The summed E-state index contributed by atoms with van der Waals surface area (Å²) in [6.07, 6.45) is 6.38. The van der Waals surface area contributed by atoms with Gasteiger partial charge < -0.3 is 4.74 Å². The molecule has 0 spiro atoms. The first kappa shape index (κ1) is 8.02. The van der Waals surface area contributed by atoms with Crippen LogP contribution in [0.2, 0.25) is 0 Å². The first-order valence-corrected chi connectivity index (χ1v) is 3.66. The minimum absolute atomic E-state index is 0.226. The third kappa shape index (κ3) is 2.56. The zero-order chi connectivity index (χ0) is 8.10. The molecular weight excluding hydrogens is 208 g/mol. The Labute approximate surface area is 72.9 Å². The molecule has 0 aliphatic heterocycles. The molecule has 11 heavy (non-hydrogen) atoms. The summed E-state index contributed by atoms with van der Waals surface area (Å²) in [5.74, 6) is 2.81. The van der Waals surface area contributed by atoms with Gasteiger partial charge in [-0.2, -0.15) is 0 Å². The summed E-state index contributed by atoms with van der Waals surface area (Å²) in [7, 11) is 0. The molecule has 0 unspecified atom stereocenters. The van der Waals surface area contributed by atoms with E-state index in [0.29, 0.717) is 10.5 Å². The molecule has 0 aliphatic rings. The van der Waals surface area contributed by atoms with E-state index in [0.717, 1.165) is 0 Å². The van der Waals surface area contributed by atoms with Crippen LogP contribution in [-0.4, -0.2) is 16.6 Å². The quantitative estimate of drug-likeness (QED) is 0.547. The van der Waals surface area contributed by atoms with Crippen LogP contribution in [0, 0.1) is 12.3 Å². The molecule has 56 valence electrons. The highest BCUT2D eigenvalue weighted by Gasteiger charge is 1.94. The van der Waals surface area contributed by atoms with Gasteiger partial charge in [0.1, 0.15) is 10.9 Å². The van der Waals surface area contributed by atoms with Crippen molar-refractivity contribution in [3.05, 3.63) is 17.0 Å². The van der Waals surface area contributed by atoms with Crippen molar-refractivity contribution in [3.8, 4) is 18.2 Å². The van der Waals surface area contributed by atoms with Gasteiger partial charge in [0.15, 0.2) is 6.61 Å². The Bertz CT molecular complexity index is 282. The van der Waals surface area contributed by atoms with E-state index in [1.807, 2.05) is 0 Å². The van der Waals surface area contributed by atoms with Crippen LogP contribution < -0.4 is 4.74 Å². The van der Waals surface area contributed by atoms with E-state index in [1.165, 1.54) is 6.33 Å². The Morgan fingerprint density at radius 1 is 1.64 bits per heavy atom. The molecule has 1 aromatic rings. The van der Waals surface area contributed by atoms with Crippen LogP contribution in [0.3, 0.4) is 0 Å². The van der Waals surface area contributed by atoms with Gasteiger partial charge in [0, 0.05) is 6.07 Å². The summed E-state index contributed by atoms with van der Waals surface area (Å²) in [5, 5.41) is 0. The smallest absolute Gasteiger partial charge is 0.218 e. The van der Waals surface area contributed by atoms with Gasteiger partial charge in [-0.3, -0.25) is 0 Å². The lowest BCUT2D eigenvalue weighted by atomic mass is 10.6. The van der Waals surface area contributed by atoms with E-state index in [9.17, 15) is 0 Å². The number of nitrogens with zero attached hydrogens (tertiary/aromatic N) is 2. The van der Waals surface area contributed by atoms with Crippen molar-refractivity contribution >= 4 is 15.9 Å². The summed E-state index contributed by atoms with van der Waals surface area (Å²) in [5.41, 5.74) is 0. The first-order chi connectivity index (χ1) is 5.33. The second kappa shape index (κ2) is 3.94. The van der Waals surface area contributed by atoms with E-state index in [-0.39, 0.29) is 6.61 Å². The van der Waals surface area contributed by atoms with Gasteiger partial charge >= 0.3 is 0 Å². The lowest BCUT2D eigenvalue weighted by molar-refractivity contribution is 0.354. The predicted octanol–water partition coefficient (Wildman–Crippen LogP) is 1.25. The zero-order valence-corrected chi connectivity index (χ0v) is 7.21. The van der Waals surface area contributed by atoms with Crippen LogP contribution in [0.25, 0.3) is 0 Å². The molecule has 0 radical (unpaired) electrons. The predicted molar refractivity (Wildman–Crippen MR) is 44.1 cm³/mol. The maximum atomic E-state index is 5.02. The van der Waals surface area contributed by atoms with Gasteiger partial charge in [-0.05, 0) is 15.9 Å². The van der Waals surface area contributed by atoms with Crippen molar-refractivity contribution in [3.63, 3.8) is 0 Å². The molecule has 0 aromatic carbocycles. The molecule has 1 heterocycles. The maximum Gasteiger partial charge on any atom is 0.218 e. The largest absolute Gasteiger partial charge is 0.464 e. The fraction of sp³-hybridized carbons (Fsp3) is 0.143. The van der Waals surface area contributed by atoms with Crippen molar-refractivity contribution in [2.45, 2.75) is 0 Å². The fourth-order valence-corrected chi connectivity index (χ4v) is 0.799. The van der Waals surface area contributed by atoms with Gasteiger partial charge in [-0.1, -0.05) is 5.92 Å². The molecule has 0 fully saturated rings. The Morgan fingerprint density at radius 2 is 2.45 bits per heavy atom. The average molecular weight is 213 g/mol. The molecule has 0 saturated carbocycles. The molecule has 0 saturated heterocycles. The van der Waals surface area contributed by atoms with Gasteiger partial charge in [0.05, 0.1) is 0 Å². The Morgan fingerprint density at radius 3 is 3.09 bits per heavy atom. The number of hydrogen-bond donors (Lipinski definition) is 0. The summed E-state index contributed by atoms with van der Waals surface area (Å²) in [6, 6.07) is 1.65. The first-order valence-electron chi connectivity index (χ1n) is 2.86. The van der Waals surface area contributed by atoms with Crippen molar-refractivity contribution in [1.82, 2.24) is 9.97 Å². The van der Waals surface area contributed by atoms with Crippen molar-refractivity contribution in [1.29, 1.82) is 0 Å². The van der Waals surface area contributed by atoms with Gasteiger partial charge in [0.25, 0.3) is 0 Å². The Hall–Kier alpha value is -1.08. The summed E-state index contributed by atoms with van der Waals surface area (Å²) < 4.78 is 5.70. The number of halogens is 1. The van der Waals surface area contributed by atoms with Crippen LogP contribution in [0.15, 0.2) is 17.0 Å². The third-order valence-electron chi connectivity index (χ3n) is 0.912. The molecule has 4 heteroatoms. The minimum Gasteiger partial charge on any atom is -0.464 e. The van der Waals surface area contributed by atoms with E-state index < -0.39 is 0 Å². The molecule has 0 bridgehead atoms.